The molecular weight excluding hydrogens is 170 g/mol. The quantitative estimate of drug-likeness (QED) is 0.389. The second-order valence-corrected chi connectivity index (χ2v) is 2.46. The third-order valence-electron chi connectivity index (χ3n) is 1.42. The number of carbonyl (C=O) groups is 1. The Morgan fingerprint density at radius 1 is 1.38 bits per heavy atom. The van der Waals surface area contributed by atoms with Crippen molar-refractivity contribution in [2.45, 2.75) is 33.0 Å². The summed E-state index contributed by atoms with van der Waals surface area (Å²) in [6.07, 6.45) is 2.89. The zero-order valence-corrected chi connectivity index (χ0v) is 9.00. The average molecular weight is 191 g/mol. The van der Waals surface area contributed by atoms with Crippen LogP contribution in [-0.4, -0.2) is 33.5 Å². The first-order chi connectivity index (χ1) is 6.22. The Labute approximate surface area is 80.6 Å². The molecule has 0 aromatic rings. The van der Waals surface area contributed by atoms with Crippen LogP contribution in [0, 0.1) is 0 Å². The summed E-state index contributed by atoms with van der Waals surface area (Å²) in [6.45, 7) is 4.74. The number of hydrogen-bond acceptors (Lipinski definition) is 3. The van der Waals surface area contributed by atoms with E-state index < -0.39 is 0 Å². The molecule has 0 heterocycles. The summed E-state index contributed by atoms with van der Waals surface area (Å²) >= 11 is 0. The molecule has 13 heavy (non-hydrogen) atoms. The van der Waals surface area contributed by atoms with Gasteiger partial charge < -0.3 is 14.8 Å². The van der Waals surface area contributed by atoms with Gasteiger partial charge in [-0.15, -0.1) is 0 Å². The molecule has 4 nitrogen and oxygen atoms in total. The van der Waals surface area contributed by atoms with Crippen molar-refractivity contribution in [2.24, 2.45) is 0 Å². The van der Waals surface area contributed by atoms with Crippen LogP contribution in [0.5, 0.6) is 0 Å². The molecule has 0 aliphatic carbocycles. The molecule has 0 bridgehead atoms. The SMILES string of the molecule is CCCCNC=O.COC(C)OC. The molecule has 0 saturated heterocycles. The highest BCUT2D eigenvalue weighted by atomic mass is 16.7. The molecule has 1 amide bonds. The molecule has 0 saturated carbocycles. The van der Waals surface area contributed by atoms with Crippen LogP contribution in [0.1, 0.15) is 26.7 Å². The highest BCUT2D eigenvalue weighted by molar-refractivity contribution is 5.45. The van der Waals surface area contributed by atoms with E-state index in [9.17, 15) is 4.79 Å². The van der Waals surface area contributed by atoms with Gasteiger partial charge in [-0.3, -0.25) is 4.79 Å². The lowest BCUT2D eigenvalue weighted by atomic mass is 10.3. The van der Waals surface area contributed by atoms with E-state index in [1.165, 1.54) is 0 Å². The van der Waals surface area contributed by atoms with E-state index in [2.05, 4.69) is 21.7 Å². The molecule has 0 aromatic heterocycles. The minimum absolute atomic E-state index is 0.0648. The fourth-order valence-corrected chi connectivity index (χ4v) is 0.434. The molecule has 0 aliphatic rings. The number of nitrogens with one attached hydrogen (secondary N) is 1. The number of methoxy groups -OCH3 is 2. The Hall–Kier alpha value is -0.610. The minimum atomic E-state index is -0.0648. The molecule has 0 atom stereocenters. The van der Waals surface area contributed by atoms with Crippen molar-refractivity contribution in [1.29, 1.82) is 0 Å². The molecule has 80 valence electrons. The molecule has 0 aliphatic heterocycles. The number of unbranched alkanes of at least 4 members (excludes halogenated alkanes) is 1. The number of amides is 1. The summed E-state index contributed by atoms with van der Waals surface area (Å²) in [5, 5.41) is 2.57. The van der Waals surface area contributed by atoms with Gasteiger partial charge in [-0.2, -0.15) is 0 Å². The zero-order chi connectivity index (χ0) is 10.5. The largest absolute Gasteiger partial charge is 0.359 e. The monoisotopic (exact) mass is 191 g/mol. The maximum atomic E-state index is 9.57. The van der Waals surface area contributed by atoms with Gasteiger partial charge in [-0.25, -0.2) is 0 Å². The van der Waals surface area contributed by atoms with Gasteiger partial charge >= 0.3 is 0 Å². The van der Waals surface area contributed by atoms with Crippen molar-refractivity contribution < 1.29 is 14.3 Å². The first-order valence-corrected chi connectivity index (χ1v) is 4.45. The topological polar surface area (TPSA) is 47.6 Å². The number of carbonyl (C=O) groups excluding carboxylic acids is 1. The molecule has 0 unspecified atom stereocenters. The molecule has 0 aromatic carbocycles. The van der Waals surface area contributed by atoms with Gasteiger partial charge in [0.2, 0.25) is 6.41 Å². The Morgan fingerprint density at radius 2 is 1.92 bits per heavy atom. The van der Waals surface area contributed by atoms with Crippen LogP contribution in [0.3, 0.4) is 0 Å². The van der Waals surface area contributed by atoms with E-state index in [1.807, 2.05) is 6.92 Å². The van der Waals surface area contributed by atoms with Gasteiger partial charge in [0, 0.05) is 20.8 Å². The summed E-state index contributed by atoms with van der Waals surface area (Å²) in [7, 11) is 3.21. The number of hydrogen-bond donors (Lipinski definition) is 1. The van der Waals surface area contributed by atoms with Gasteiger partial charge in [-0.1, -0.05) is 13.3 Å². The van der Waals surface area contributed by atoms with Crippen LogP contribution in [0.15, 0.2) is 0 Å². The molecular formula is C9H21NO3. The van der Waals surface area contributed by atoms with Crippen molar-refractivity contribution in [2.75, 3.05) is 20.8 Å². The normalized spacial score (nSPS) is 9.00. The van der Waals surface area contributed by atoms with Crippen LogP contribution >= 0.6 is 0 Å². The highest BCUT2D eigenvalue weighted by Crippen LogP contribution is 1.83. The Bertz CT molecular complexity index is 94.9. The Morgan fingerprint density at radius 3 is 2.15 bits per heavy atom. The molecule has 0 rings (SSSR count). The standard InChI is InChI=1S/C5H11NO.C4H10O2/c1-2-3-4-6-5-7;1-4(5-2)6-3/h5H,2-4H2,1H3,(H,6,7);4H,1-3H3. The van der Waals surface area contributed by atoms with E-state index in [-0.39, 0.29) is 6.29 Å². The number of rotatable bonds is 6. The van der Waals surface area contributed by atoms with Crippen LogP contribution in [-0.2, 0) is 14.3 Å². The minimum Gasteiger partial charge on any atom is -0.359 e. The Balaban J connectivity index is 0. The summed E-state index contributed by atoms with van der Waals surface area (Å²) in [6, 6.07) is 0. The van der Waals surface area contributed by atoms with E-state index >= 15 is 0 Å². The molecule has 4 heteroatoms. The fourth-order valence-electron chi connectivity index (χ4n) is 0.434. The summed E-state index contributed by atoms with van der Waals surface area (Å²) in [5.74, 6) is 0. The maximum Gasteiger partial charge on any atom is 0.207 e. The maximum absolute atomic E-state index is 9.57. The van der Waals surface area contributed by atoms with Crippen LogP contribution < -0.4 is 5.32 Å². The van der Waals surface area contributed by atoms with Gasteiger partial charge in [0.05, 0.1) is 0 Å². The van der Waals surface area contributed by atoms with Crippen molar-refractivity contribution in [1.82, 2.24) is 5.32 Å². The third kappa shape index (κ3) is 18.4. The van der Waals surface area contributed by atoms with Gasteiger partial charge in [0.1, 0.15) is 0 Å². The van der Waals surface area contributed by atoms with Gasteiger partial charge in [0.15, 0.2) is 6.29 Å². The predicted molar refractivity (Wildman–Crippen MR) is 52.5 cm³/mol. The lowest BCUT2D eigenvalue weighted by Crippen LogP contribution is -2.11. The zero-order valence-electron chi connectivity index (χ0n) is 9.00. The fraction of sp³-hybridized carbons (Fsp3) is 0.889. The average Bonchev–Trinajstić information content (AvgIpc) is 2.18. The molecule has 0 fully saturated rings. The van der Waals surface area contributed by atoms with Crippen LogP contribution in [0.4, 0.5) is 0 Å². The first-order valence-electron chi connectivity index (χ1n) is 4.45. The van der Waals surface area contributed by atoms with E-state index in [4.69, 9.17) is 0 Å². The Kier molecular flexibility index (Phi) is 16.0. The van der Waals surface area contributed by atoms with Crippen molar-refractivity contribution in [3.05, 3.63) is 0 Å². The summed E-state index contributed by atoms with van der Waals surface area (Å²) < 4.78 is 9.35. The number of ether oxygens (including phenoxy) is 2. The second-order valence-electron chi connectivity index (χ2n) is 2.46. The predicted octanol–water partition coefficient (Wildman–Crippen LogP) is 1.16. The second kappa shape index (κ2) is 13.9. The molecule has 1 N–H and O–H groups in total. The smallest absolute Gasteiger partial charge is 0.207 e. The van der Waals surface area contributed by atoms with Crippen molar-refractivity contribution in [3.8, 4) is 0 Å². The lowest BCUT2D eigenvalue weighted by Gasteiger charge is -2.03. The first kappa shape index (κ1) is 14.9. The third-order valence-corrected chi connectivity index (χ3v) is 1.42. The van der Waals surface area contributed by atoms with Crippen LogP contribution in [0.25, 0.3) is 0 Å². The van der Waals surface area contributed by atoms with Crippen molar-refractivity contribution >= 4 is 6.41 Å². The van der Waals surface area contributed by atoms with Gasteiger partial charge in [-0.05, 0) is 13.3 Å². The van der Waals surface area contributed by atoms with Crippen molar-refractivity contribution in [3.63, 3.8) is 0 Å². The van der Waals surface area contributed by atoms with Gasteiger partial charge in [0.25, 0.3) is 0 Å². The molecule has 0 radical (unpaired) electrons. The molecule has 0 spiro atoms. The van der Waals surface area contributed by atoms with E-state index in [0.29, 0.717) is 0 Å². The lowest BCUT2D eigenvalue weighted by molar-refractivity contribution is -0.109. The summed E-state index contributed by atoms with van der Waals surface area (Å²) in [4.78, 5) is 9.57. The van der Waals surface area contributed by atoms with E-state index in [1.54, 1.807) is 14.2 Å². The van der Waals surface area contributed by atoms with Crippen LogP contribution in [0.2, 0.25) is 0 Å². The summed E-state index contributed by atoms with van der Waals surface area (Å²) in [5.41, 5.74) is 0. The highest BCUT2D eigenvalue weighted by Gasteiger charge is 1.87. The van der Waals surface area contributed by atoms with E-state index in [0.717, 1.165) is 25.8 Å².